The molecule has 1 aliphatic rings. The molecule has 7 nitrogen and oxygen atoms in total. The SMILES string of the molecule is CN(C(=O)CN1CC[C@@H](n2cncn2)C1)c1ccc(Oc2cccc(Cl)c2)cc1. The van der Waals surface area contributed by atoms with Gasteiger partial charge in [-0.1, -0.05) is 17.7 Å². The Labute approximate surface area is 174 Å². The molecule has 0 radical (unpaired) electrons. The Balaban J connectivity index is 1.33. The molecule has 0 N–H and O–H groups in total. The number of ether oxygens (including phenoxy) is 1. The quantitative estimate of drug-likeness (QED) is 0.619. The number of amides is 1. The summed E-state index contributed by atoms with van der Waals surface area (Å²) in [5.41, 5.74) is 0.820. The molecular weight excluding hydrogens is 390 g/mol. The van der Waals surface area contributed by atoms with Crippen LogP contribution >= 0.6 is 11.6 Å². The monoisotopic (exact) mass is 411 g/mol. The van der Waals surface area contributed by atoms with Gasteiger partial charge in [0.15, 0.2) is 0 Å². The van der Waals surface area contributed by atoms with Crippen LogP contribution in [0.1, 0.15) is 12.5 Å². The largest absolute Gasteiger partial charge is 0.457 e. The van der Waals surface area contributed by atoms with E-state index in [1.165, 1.54) is 0 Å². The molecule has 1 saturated heterocycles. The lowest BCUT2D eigenvalue weighted by Gasteiger charge is -2.22. The minimum Gasteiger partial charge on any atom is -0.457 e. The van der Waals surface area contributed by atoms with E-state index in [0.29, 0.717) is 23.1 Å². The average Bonchev–Trinajstić information content (AvgIpc) is 3.40. The molecule has 29 heavy (non-hydrogen) atoms. The summed E-state index contributed by atoms with van der Waals surface area (Å²) in [7, 11) is 1.79. The van der Waals surface area contributed by atoms with Gasteiger partial charge in [-0.2, -0.15) is 5.10 Å². The van der Waals surface area contributed by atoms with Crippen LogP contribution in [0.4, 0.5) is 5.69 Å². The van der Waals surface area contributed by atoms with Gasteiger partial charge in [0.25, 0.3) is 0 Å². The Bertz CT molecular complexity index is 961. The molecule has 1 aromatic heterocycles. The first-order valence-electron chi connectivity index (χ1n) is 9.45. The lowest BCUT2D eigenvalue weighted by Crippen LogP contribution is -2.37. The zero-order valence-electron chi connectivity index (χ0n) is 16.1. The summed E-state index contributed by atoms with van der Waals surface area (Å²) >= 11 is 5.98. The van der Waals surface area contributed by atoms with Crippen LogP contribution < -0.4 is 9.64 Å². The number of halogens is 1. The van der Waals surface area contributed by atoms with E-state index in [0.717, 1.165) is 25.2 Å². The maximum absolute atomic E-state index is 12.7. The standard InChI is InChI=1S/C21H22ClN5O2/c1-25(21(28)13-26-10-9-18(12-26)27-15-23-14-24-27)17-5-7-19(8-6-17)29-20-4-2-3-16(22)11-20/h2-8,11,14-15,18H,9-10,12-13H2,1H3/t18-/m1/s1. The average molecular weight is 412 g/mol. The van der Waals surface area contributed by atoms with Crippen molar-refractivity contribution in [3.05, 3.63) is 66.2 Å². The topological polar surface area (TPSA) is 63.5 Å². The van der Waals surface area contributed by atoms with Crippen LogP contribution in [0, 0.1) is 0 Å². The summed E-state index contributed by atoms with van der Waals surface area (Å²) in [6.45, 7) is 2.05. The number of likely N-dealkylation sites (tertiary alicyclic amines) is 1. The van der Waals surface area contributed by atoms with Gasteiger partial charge >= 0.3 is 0 Å². The Morgan fingerprint density at radius 2 is 2.07 bits per heavy atom. The zero-order chi connectivity index (χ0) is 20.2. The molecule has 2 aromatic carbocycles. The minimum atomic E-state index is 0.0488. The fourth-order valence-corrected chi connectivity index (χ4v) is 3.60. The number of likely N-dealkylation sites (N-methyl/N-ethyl adjacent to an activating group) is 1. The predicted octanol–water partition coefficient (Wildman–Crippen LogP) is 3.63. The van der Waals surface area contributed by atoms with Crippen LogP contribution in [0.2, 0.25) is 5.02 Å². The number of carbonyl (C=O) groups excluding carboxylic acids is 1. The van der Waals surface area contributed by atoms with Crippen molar-refractivity contribution >= 4 is 23.2 Å². The summed E-state index contributed by atoms with van der Waals surface area (Å²) in [4.78, 5) is 20.5. The molecule has 8 heteroatoms. The summed E-state index contributed by atoms with van der Waals surface area (Å²) in [6.07, 6.45) is 4.24. The van der Waals surface area contributed by atoms with Crippen molar-refractivity contribution in [1.82, 2.24) is 19.7 Å². The second-order valence-corrected chi connectivity index (χ2v) is 7.50. The van der Waals surface area contributed by atoms with E-state index in [9.17, 15) is 4.79 Å². The van der Waals surface area contributed by atoms with Gasteiger partial charge in [0.05, 0.1) is 12.6 Å². The maximum atomic E-state index is 12.7. The maximum Gasteiger partial charge on any atom is 0.240 e. The molecular formula is C21H22ClN5O2. The highest BCUT2D eigenvalue weighted by Crippen LogP contribution is 2.26. The zero-order valence-corrected chi connectivity index (χ0v) is 16.9. The van der Waals surface area contributed by atoms with Gasteiger partial charge in [0.1, 0.15) is 24.2 Å². The van der Waals surface area contributed by atoms with E-state index in [-0.39, 0.29) is 11.9 Å². The van der Waals surface area contributed by atoms with Crippen LogP contribution in [-0.4, -0.2) is 52.3 Å². The van der Waals surface area contributed by atoms with E-state index in [1.807, 2.05) is 41.1 Å². The van der Waals surface area contributed by atoms with Crippen LogP contribution in [-0.2, 0) is 4.79 Å². The molecule has 1 atom stereocenters. The molecule has 2 heterocycles. The number of hydrogen-bond donors (Lipinski definition) is 0. The van der Waals surface area contributed by atoms with E-state index in [4.69, 9.17) is 16.3 Å². The van der Waals surface area contributed by atoms with Gasteiger partial charge in [-0.05, 0) is 48.9 Å². The number of nitrogens with zero attached hydrogens (tertiary/aromatic N) is 5. The Hall–Kier alpha value is -2.90. The molecule has 4 rings (SSSR count). The lowest BCUT2D eigenvalue weighted by atomic mass is 10.2. The molecule has 0 bridgehead atoms. The van der Waals surface area contributed by atoms with Gasteiger partial charge in [-0.15, -0.1) is 0 Å². The molecule has 0 aliphatic carbocycles. The Morgan fingerprint density at radius 1 is 1.24 bits per heavy atom. The van der Waals surface area contributed by atoms with Crippen molar-refractivity contribution in [2.24, 2.45) is 0 Å². The van der Waals surface area contributed by atoms with Crippen molar-refractivity contribution in [2.75, 3.05) is 31.6 Å². The highest BCUT2D eigenvalue weighted by Gasteiger charge is 2.26. The van der Waals surface area contributed by atoms with Gasteiger partial charge in [0.2, 0.25) is 5.91 Å². The summed E-state index contributed by atoms with van der Waals surface area (Å²) in [5, 5.41) is 4.82. The molecule has 150 valence electrons. The Kier molecular flexibility index (Phi) is 5.78. The fourth-order valence-electron chi connectivity index (χ4n) is 3.42. The second-order valence-electron chi connectivity index (χ2n) is 7.06. The van der Waals surface area contributed by atoms with E-state index >= 15 is 0 Å². The van der Waals surface area contributed by atoms with Gasteiger partial charge in [-0.25, -0.2) is 9.67 Å². The Morgan fingerprint density at radius 3 is 2.79 bits per heavy atom. The van der Waals surface area contributed by atoms with Crippen LogP contribution in [0.25, 0.3) is 0 Å². The smallest absolute Gasteiger partial charge is 0.240 e. The van der Waals surface area contributed by atoms with Crippen molar-refractivity contribution in [1.29, 1.82) is 0 Å². The van der Waals surface area contributed by atoms with Gasteiger partial charge < -0.3 is 9.64 Å². The number of benzene rings is 2. The first-order chi connectivity index (χ1) is 14.1. The van der Waals surface area contributed by atoms with E-state index in [1.54, 1.807) is 36.7 Å². The molecule has 1 aliphatic heterocycles. The van der Waals surface area contributed by atoms with Crippen LogP contribution in [0.3, 0.4) is 0 Å². The number of rotatable bonds is 6. The first kappa shape index (κ1) is 19.4. The number of hydrogen-bond acceptors (Lipinski definition) is 5. The third-order valence-corrected chi connectivity index (χ3v) is 5.28. The first-order valence-corrected chi connectivity index (χ1v) is 9.83. The van der Waals surface area contributed by atoms with Crippen molar-refractivity contribution in [2.45, 2.75) is 12.5 Å². The minimum absolute atomic E-state index is 0.0488. The number of anilines is 1. The highest BCUT2D eigenvalue weighted by molar-refractivity contribution is 6.30. The summed E-state index contributed by atoms with van der Waals surface area (Å²) in [5.74, 6) is 1.41. The summed E-state index contributed by atoms with van der Waals surface area (Å²) < 4.78 is 7.67. The van der Waals surface area contributed by atoms with Crippen molar-refractivity contribution in [3.8, 4) is 11.5 Å². The predicted molar refractivity (Wildman–Crippen MR) is 111 cm³/mol. The lowest BCUT2D eigenvalue weighted by molar-refractivity contribution is -0.119. The van der Waals surface area contributed by atoms with Crippen molar-refractivity contribution in [3.63, 3.8) is 0 Å². The number of carbonyl (C=O) groups is 1. The normalized spacial score (nSPS) is 16.7. The van der Waals surface area contributed by atoms with Gasteiger partial charge in [-0.3, -0.25) is 9.69 Å². The van der Waals surface area contributed by atoms with Crippen LogP contribution in [0.15, 0.2) is 61.2 Å². The van der Waals surface area contributed by atoms with E-state index in [2.05, 4.69) is 15.0 Å². The fraction of sp³-hybridized carbons (Fsp3) is 0.286. The third kappa shape index (κ3) is 4.75. The molecule has 1 amide bonds. The van der Waals surface area contributed by atoms with E-state index < -0.39 is 0 Å². The molecule has 3 aromatic rings. The molecule has 0 saturated carbocycles. The molecule has 0 spiro atoms. The summed E-state index contributed by atoms with van der Waals surface area (Å²) in [6, 6.07) is 15.0. The van der Waals surface area contributed by atoms with Gasteiger partial charge in [0, 0.05) is 30.8 Å². The third-order valence-electron chi connectivity index (χ3n) is 5.05. The number of aromatic nitrogens is 3. The molecule has 0 unspecified atom stereocenters. The van der Waals surface area contributed by atoms with Crippen molar-refractivity contribution < 1.29 is 9.53 Å². The molecule has 1 fully saturated rings. The highest BCUT2D eigenvalue weighted by atomic mass is 35.5. The second kappa shape index (κ2) is 8.63. The van der Waals surface area contributed by atoms with Crippen LogP contribution in [0.5, 0.6) is 11.5 Å².